The van der Waals surface area contributed by atoms with Crippen LogP contribution in [0.5, 0.6) is 0 Å². The van der Waals surface area contributed by atoms with Gasteiger partial charge in [0, 0.05) is 13.2 Å². The van der Waals surface area contributed by atoms with Gasteiger partial charge < -0.3 is 15.0 Å². The Morgan fingerprint density at radius 3 is 3.00 bits per heavy atom. The number of hydrogen-bond donors (Lipinski definition) is 1. The number of nitrogen functional groups attached to an aromatic ring is 1. The number of anilines is 1. The number of aromatic nitrogens is 2. The Morgan fingerprint density at radius 2 is 2.22 bits per heavy atom. The average molecular weight is 251 g/mol. The topological polar surface area (TPSA) is 53.1 Å². The second kappa shape index (κ2) is 5.82. The van der Waals surface area contributed by atoms with E-state index in [1.807, 2.05) is 0 Å². The van der Waals surface area contributed by atoms with Gasteiger partial charge in [0.05, 0.1) is 17.6 Å². The molecule has 18 heavy (non-hydrogen) atoms. The summed E-state index contributed by atoms with van der Waals surface area (Å²) >= 11 is 0. The molecule has 1 aromatic heterocycles. The van der Waals surface area contributed by atoms with E-state index in [1.54, 1.807) is 10.6 Å². The number of nitrogens with two attached hydrogens (primary N) is 1. The first-order valence-electron chi connectivity index (χ1n) is 6.21. The zero-order valence-electron chi connectivity index (χ0n) is 10.5. The first-order chi connectivity index (χ1) is 8.72. The van der Waals surface area contributed by atoms with Crippen LogP contribution in [0, 0.1) is 5.82 Å². The summed E-state index contributed by atoms with van der Waals surface area (Å²) < 4.78 is 20.5. The van der Waals surface area contributed by atoms with Crippen LogP contribution in [0.3, 0.4) is 0 Å². The minimum atomic E-state index is -0.282. The standard InChI is InChI=1S/C13H18FN3O/c1-2-3-7-18-8-6-17-12-9-10(14)4-5-11(12)16-13(17)15/h4-5,9H,2-3,6-8H2,1H3,(H2,15,16). The lowest BCUT2D eigenvalue weighted by molar-refractivity contribution is 0.124. The van der Waals surface area contributed by atoms with E-state index in [0.29, 0.717) is 30.1 Å². The Kier molecular flexibility index (Phi) is 4.15. The highest BCUT2D eigenvalue weighted by Crippen LogP contribution is 2.18. The van der Waals surface area contributed by atoms with Gasteiger partial charge in [0.25, 0.3) is 0 Å². The summed E-state index contributed by atoms with van der Waals surface area (Å²) in [6.07, 6.45) is 2.16. The van der Waals surface area contributed by atoms with Crippen molar-refractivity contribution in [1.29, 1.82) is 0 Å². The minimum Gasteiger partial charge on any atom is -0.380 e. The summed E-state index contributed by atoms with van der Waals surface area (Å²) in [7, 11) is 0. The van der Waals surface area contributed by atoms with Gasteiger partial charge in [0.2, 0.25) is 5.95 Å². The summed E-state index contributed by atoms with van der Waals surface area (Å²) in [6.45, 7) is 4.02. The van der Waals surface area contributed by atoms with E-state index in [9.17, 15) is 4.39 Å². The van der Waals surface area contributed by atoms with Gasteiger partial charge in [-0.1, -0.05) is 13.3 Å². The quantitative estimate of drug-likeness (QED) is 0.803. The number of unbranched alkanes of at least 4 members (excludes halogenated alkanes) is 1. The van der Waals surface area contributed by atoms with Crippen molar-refractivity contribution in [2.24, 2.45) is 0 Å². The van der Waals surface area contributed by atoms with Gasteiger partial charge in [0.1, 0.15) is 5.82 Å². The molecule has 5 heteroatoms. The molecule has 2 rings (SSSR count). The molecule has 0 spiro atoms. The molecular formula is C13H18FN3O. The molecule has 0 saturated carbocycles. The number of ether oxygens (including phenoxy) is 1. The molecule has 0 aliphatic heterocycles. The molecule has 0 aliphatic carbocycles. The molecule has 0 atom stereocenters. The van der Waals surface area contributed by atoms with E-state index in [0.717, 1.165) is 19.4 Å². The lowest BCUT2D eigenvalue weighted by Gasteiger charge is -2.07. The first kappa shape index (κ1) is 12.8. The van der Waals surface area contributed by atoms with Gasteiger partial charge in [0.15, 0.2) is 0 Å². The van der Waals surface area contributed by atoms with Gasteiger partial charge in [-0.3, -0.25) is 0 Å². The normalized spacial score (nSPS) is 11.2. The lowest BCUT2D eigenvalue weighted by Crippen LogP contribution is -2.09. The third-order valence-electron chi connectivity index (χ3n) is 2.84. The predicted octanol–water partition coefficient (Wildman–Crippen LogP) is 2.57. The van der Waals surface area contributed by atoms with Crippen molar-refractivity contribution in [1.82, 2.24) is 9.55 Å². The van der Waals surface area contributed by atoms with Crippen molar-refractivity contribution in [2.45, 2.75) is 26.3 Å². The van der Waals surface area contributed by atoms with Crippen molar-refractivity contribution in [3.05, 3.63) is 24.0 Å². The molecule has 0 fully saturated rings. The van der Waals surface area contributed by atoms with Crippen LogP contribution in [0.25, 0.3) is 11.0 Å². The van der Waals surface area contributed by atoms with E-state index < -0.39 is 0 Å². The van der Waals surface area contributed by atoms with Crippen molar-refractivity contribution in [3.63, 3.8) is 0 Å². The van der Waals surface area contributed by atoms with E-state index in [1.165, 1.54) is 12.1 Å². The minimum absolute atomic E-state index is 0.282. The van der Waals surface area contributed by atoms with Crippen LogP contribution in [0.1, 0.15) is 19.8 Å². The molecule has 0 saturated heterocycles. The molecule has 2 aromatic rings. The predicted molar refractivity (Wildman–Crippen MR) is 69.8 cm³/mol. The summed E-state index contributed by atoms with van der Waals surface area (Å²) in [5.41, 5.74) is 7.24. The molecule has 0 radical (unpaired) electrons. The monoisotopic (exact) mass is 251 g/mol. The Hall–Kier alpha value is -1.62. The Bertz CT molecular complexity index is 524. The number of fused-ring (bicyclic) bond motifs is 1. The summed E-state index contributed by atoms with van der Waals surface area (Å²) in [5, 5.41) is 0. The van der Waals surface area contributed by atoms with Crippen molar-refractivity contribution < 1.29 is 9.13 Å². The van der Waals surface area contributed by atoms with E-state index in [-0.39, 0.29) is 5.82 Å². The average Bonchev–Trinajstić information content (AvgIpc) is 2.65. The van der Waals surface area contributed by atoms with Gasteiger partial charge in [-0.05, 0) is 24.6 Å². The number of nitrogens with zero attached hydrogens (tertiary/aromatic N) is 2. The molecule has 4 nitrogen and oxygen atoms in total. The lowest BCUT2D eigenvalue weighted by atomic mass is 10.3. The van der Waals surface area contributed by atoms with Crippen molar-refractivity contribution >= 4 is 17.0 Å². The molecule has 0 unspecified atom stereocenters. The van der Waals surface area contributed by atoms with E-state index in [2.05, 4.69) is 11.9 Å². The largest absolute Gasteiger partial charge is 0.380 e. The summed E-state index contributed by atoms with van der Waals surface area (Å²) in [5.74, 6) is 0.116. The SMILES string of the molecule is CCCCOCCn1c(N)nc2ccc(F)cc21. The molecule has 0 bridgehead atoms. The highest BCUT2D eigenvalue weighted by molar-refractivity contribution is 5.78. The Labute approximate surface area is 106 Å². The fourth-order valence-corrected chi connectivity index (χ4v) is 1.85. The van der Waals surface area contributed by atoms with E-state index in [4.69, 9.17) is 10.5 Å². The number of rotatable bonds is 6. The zero-order valence-corrected chi connectivity index (χ0v) is 10.5. The fraction of sp³-hybridized carbons (Fsp3) is 0.462. The number of benzene rings is 1. The summed E-state index contributed by atoms with van der Waals surface area (Å²) in [4.78, 5) is 4.19. The Morgan fingerprint density at radius 1 is 1.39 bits per heavy atom. The van der Waals surface area contributed by atoms with Crippen LogP contribution in [0.2, 0.25) is 0 Å². The maximum atomic E-state index is 13.2. The maximum absolute atomic E-state index is 13.2. The molecule has 0 amide bonds. The van der Waals surface area contributed by atoms with Crippen LogP contribution >= 0.6 is 0 Å². The highest BCUT2D eigenvalue weighted by atomic mass is 19.1. The van der Waals surface area contributed by atoms with Crippen LogP contribution in [-0.2, 0) is 11.3 Å². The van der Waals surface area contributed by atoms with Gasteiger partial charge in [-0.2, -0.15) is 0 Å². The molecule has 0 aliphatic rings. The summed E-state index contributed by atoms with van der Waals surface area (Å²) in [6, 6.07) is 4.47. The molecular weight excluding hydrogens is 233 g/mol. The van der Waals surface area contributed by atoms with Gasteiger partial charge in [-0.25, -0.2) is 9.37 Å². The maximum Gasteiger partial charge on any atom is 0.201 e. The van der Waals surface area contributed by atoms with Gasteiger partial charge in [-0.15, -0.1) is 0 Å². The molecule has 1 heterocycles. The number of hydrogen-bond acceptors (Lipinski definition) is 3. The Balaban J connectivity index is 2.07. The van der Waals surface area contributed by atoms with Crippen LogP contribution in [-0.4, -0.2) is 22.8 Å². The first-order valence-corrected chi connectivity index (χ1v) is 6.21. The molecule has 98 valence electrons. The number of imidazole rings is 1. The van der Waals surface area contributed by atoms with Crippen molar-refractivity contribution in [3.8, 4) is 0 Å². The van der Waals surface area contributed by atoms with Crippen molar-refractivity contribution in [2.75, 3.05) is 18.9 Å². The number of halogens is 1. The van der Waals surface area contributed by atoms with Gasteiger partial charge >= 0.3 is 0 Å². The zero-order chi connectivity index (χ0) is 13.0. The van der Waals surface area contributed by atoms with Crippen LogP contribution in [0.15, 0.2) is 18.2 Å². The van der Waals surface area contributed by atoms with E-state index >= 15 is 0 Å². The highest BCUT2D eigenvalue weighted by Gasteiger charge is 2.08. The second-order valence-corrected chi connectivity index (χ2v) is 4.22. The molecule has 2 N–H and O–H groups in total. The molecule has 1 aromatic carbocycles. The third-order valence-corrected chi connectivity index (χ3v) is 2.84. The smallest absolute Gasteiger partial charge is 0.201 e. The van der Waals surface area contributed by atoms with Crippen LogP contribution < -0.4 is 5.73 Å². The second-order valence-electron chi connectivity index (χ2n) is 4.22. The fourth-order valence-electron chi connectivity index (χ4n) is 1.85. The third kappa shape index (κ3) is 2.79. The van der Waals surface area contributed by atoms with Crippen LogP contribution in [0.4, 0.5) is 10.3 Å².